The van der Waals surface area contributed by atoms with E-state index < -0.39 is 5.97 Å². The summed E-state index contributed by atoms with van der Waals surface area (Å²) in [5, 5.41) is 18.3. The lowest BCUT2D eigenvalue weighted by Gasteiger charge is -2.17. The lowest BCUT2D eigenvalue weighted by Crippen LogP contribution is -2.00. The van der Waals surface area contributed by atoms with Crippen molar-refractivity contribution in [1.29, 1.82) is 0 Å². The van der Waals surface area contributed by atoms with E-state index in [0.717, 1.165) is 25.7 Å². The third kappa shape index (κ3) is 12.5. The number of aliphatic carboxylic acids is 1. The topological polar surface area (TPSA) is 57.5 Å². The molecule has 0 amide bonds. The molecule has 1 rings (SSSR count). The molecule has 0 radical (unpaired) electrons. The molecule has 0 saturated carbocycles. The Hall–Kier alpha value is -1.51. The van der Waals surface area contributed by atoms with Crippen LogP contribution in [0.2, 0.25) is 0 Å². The van der Waals surface area contributed by atoms with Gasteiger partial charge in [0.1, 0.15) is 5.75 Å². The first-order chi connectivity index (χ1) is 13.1. The predicted molar refractivity (Wildman–Crippen MR) is 113 cm³/mol. The highest BCUT2D eigenvalue weighted by Gasteiger charge is 2.11. The van der Waals surface area contributed by atoms with E-state index in [0.29, 0.717) is 11.7 Å². The summed E-state index contributed by atoms with van der Waals surface area (Å²) in [7, 11) is 0. The van der Waals surface area contributed by atoms with Crippen LogP contribution in [0.1, 0.15) is 115 Å². The maximum atomic E-state index is 10.6. The Morgan fingerprint density at radius 1 is 0.778 bits per heavy atom. The van der Waals surface area contributed by atoms with Crippen LogP contribution in [-0.4, -0.2) is 16.2 Å². The van der Waals surface area contributed by atoms with E-state index in [1.165, 1.54) is 69.8 Å². The molecule has 1 aromatic carbocycles. The van der Waals surface area contributed by atoms with Gasteiger partial charge in [0.2, 0.25) is 0 Å². The third-order valence-electron chi connectivity index (χ3n) is 5.46. The van der Waals surface area contributed by atoms with Crippen LogP contribution >= 0.6 is 0 Å². The summed E-state index contributed by atoms with van der Waals surface area (Å²) in [6.45, 7) is 2.26. The Bertz CT molecular complexity index is 481. The minimum absolute atomic E-state index is 0.280. The highest BCUT2D eigenvalue weighted by molar-refractivity contribution is 5.66. The van der Waals surface area contributed by atoms with Gasteiger partial charge in [-0.1, -0.05) is 89.7 Å². The van der Waals surface area contributed by atoms with E-state index in [1.54, 1.807) is 12.1 Å². The van der Waals surface area contributed by atoms with Crippen LogP contribution < -0.4 is 0 Å². The first-order valence-electron chi connectivity index (χ1n) is 11.1. The second kappa shape index (κ2) is 15.5. The number of carboxylic acids is 1. The van der Waals surface area contributed by atoms with E-state index >= 15 is 0 Å². The summed E-state index contributed by atoms with van der Waals surface area (Å²) in [4.78, 5) is 10.6. The Morgan fingerprint density at radius 2 is 1.26 bits per heavy atom. The second-order valence-electron chi connectivity index (χ2n) is 7.90. The number of unbranched alkanes of at least 4 members (excludes halogenated alkanes) is 10. The molecule has 1 atom stereocenters. The number of hydrogen-bond donors (Lipinski definition) is 2. The van der Waals surface area contributed by atoms with Crippen molar-refractivity contribution in [1.82, 2.24) is 0 Å². The van der Waals surface area contributed by atoms with Crippen molar-refractivity contribution in [2.45, 2.75) is 109 Å². The van der Waals surface area contributed by atoms with Gasteiger partial charge in [-0.2, -0.15) is 0 Å². The zero-order valence-corrected chi connectivity index (χ0v) is 17.3. The number of hydrogen-bond acceptors (Lipinski definition) is 2. The number of phenolic OH excluding ortho intramolecular Hbond substituents is 1. The molecule has 3 heteroatoms. The van der Waals surface area contributed by atoms with Gasteiger partial charge in [0.25, 0.3) is 0 Å². The van der Waals surface area contributed by atoms with Crippen molar-refractivity contribution in [3.05, 3.63) is 29.8 Å². The van der Waals surface area contributed by atoms with Crippen LogP contribution in [0.3, 0.4) is 0 Å². The van der Waals surface area contributed by atoms with E-state index in [2.05, 4.69) is 6.92 Å². The first-order valence-corrected chi connectivity index (χ1v) is 11.1. The molecule has 0 aromatic heterocycles. The molecule has 0 aliphatic rings. The Balaban J connectivity index is 2.27. The molecular formula is C24H40O3. The second-order valence-corrected chi connectivity index (χ2v) is 7.90. The van der Waals surface area contributed by atoms with Crippen molar-refractivity contribution >= 4 is 5.97 Å². The lowest BCUT2D eigenvalue weighted by molar-refractivity contribution is -0.137. The number of rotatable bonds is 17. The summed E-state index contributed by atoms with van der Waals surface area (Å²) >= 11 is 0. The Morgan fingerprint density at radius 3 is 1.78 bits per heavy atom. The number of phenols is 1. The number of benzene rings is 1. The highest BCUT2D eigenvalue weighted by atomic mass is 16.4. The average Bonchev–Trinajstić information content (AvgIpc) is 2.65. The maximum Gasteiger partial charge on any atom is 0.303 e. The SMILES string of the molecule is CCCCCCCCCCCC(CCCCCC(=O)O)c1ccc(O)cc1. The number of aromatic hydroxyl groups is 1. The molecule has 154 valence electrons. The molecule has 1 unspecified atom stereocenters. The predicted octanol–water partition coefficient (Wildman–Crippen LogP) is 7.43. The van der Waals surface area contributed by atoms with Crippen LogP contribution in [0.4, 0.5) is 0 Å². The van der Waals surface area contributed by atoms with E-state index in [4.69, 9.17) is 5.11 Å². The molecule has 0 saturated heterocycles. The highest BCUT2D eigenvalue weighted by Crippen LogP contribution is 2.29. The smallest absolute Gasteiger partial charge is 0.303 e. The monoisotopic (exact) mass is 376 g/mol. The fourth-order valence-corrected chi connectivity index (χ4v) is 3.77. The van der Waals surface area contributed by atoms with Gasteiger partial charge >= 0.3 is 5.97 Å². The Kier molecular flexibility index (Phi) is 13.5. The van der Waals surface area contributed by atoms with Gasteiger partial charge in [0.05, 0.1) is 0 Å². The number of carbonyl (C=O) groups is 1. The minimum Gasteiger partial charge on any atom is -0.508 e. The lowest BCUT2D eigenvalue weighted by atomic mass is 9.88. The molecular weight excluding hydrogens is 336 g/mol. The average molecular weight is 377 g/mol. The van der Waals surface area contributed by atoms with Gasteiger partial charge in [-0.05, 0) is 42.9 Å². The van der Waals surface area contributed by atoms with E-state index in [9.17, 15) is 9.90 Å². The van der Waals surface area contributed by atoms with Crippen molar-refractivity contribution in [3.8, 4) is 5.75 Å². The van der Waals surface area contributed by atoms with E-state index in [1.807, 2.05) is 12.1 Å². The van der Waals surface area contributed by atoms with Gasteiger partial charge in [-0.25, -0.2) is 0 Å². The molecule has 0 spiro atoms. The normalized spacial score (nSPS) is 12.2. The summed E-state index contributed by atoms with van der Waals surface area (Å²) in [5.41, 5.74) is 1.31. The van der Waals surface area contributed by atoms with Crippen LogP contribution in [0.15, 0.2) is 24.3 Å². The molecule has 0 fully saturated rings. The van der Waals surface area contributed by atoms with Gasteiger partial charge in [0.15, 0.2) is 0 Å². The van der Waals surface area contributed by atoms with E-state index in [-0.39, 0.29) is 6.42 Å². The fraction of sp³-hybridized carbons (Fsp3) is 0.708. The molecule has 0 bridgehead atoms. The molecule has 0 aliphatic carbocycles. The number of carboxylic acid groups (broad SMARTS) is 1. The summed E-state index contributed by atoms with van der Waals surface area (Å²) in [5.74, 6) is 0.154. The Labute approximate surface area is 166 Å². The maximum absolute atomic E-state index is 10.6. The van der Waals surface area contributed by atoms with Crippen molar-refractivity contribution in [3.63, 3.8) is 0 Å². The molecule has 0 aliphatic heterocycles. The summed E-state index contributed by atoms with van der Waals surface area (Å²) in [6.07, 6.45) is 17.5. The van der Waals surface area contributed by atoms with Crippen LogP contribution in [0, 0.1) is 0 Å². The molecule has 0 heterocycles. The van der Waals surface area contributed by atoms with Gasteiger partial charge in [-0.15, -0.1) is 0 Å². The summed E-state index contributed by atoms with van der Waals surface area (Å²) in [6, 6.07) is 7.65. The standard InChI is InChI=1S/C24H40O3/c1-2-3-4-5-6-7-8-9-11-14-21(15-12-10-13-16-24(26)27)22-17-19-23(25)20-18-22/h17-21,25H,2-16H2,1H3,(H,26,27). The third-order valence-corrected chi connectivity index (χ3v) is 5.46. The van der Waals surface area contributed by atoms with Crippen LogP contribution in [0.5, 0.6) is 5.75 Å². The van der Waals surface area contributed by atoms with Gasteiger partial charge < -0.3 is 10.2 Å². The summed E-state index contributed by atoms with van der Waals surface area (Å²) < 4.78 is 0. The largest absolute Gasteiger partial charge is 0.508 e. The van der Waals surface area contributed by atoms with Crippen LogP contribution in [0.25, 0.3) is 0 Å². The first kappa shape index (κ1) is 23.5. The fourth-order valence-electron chi connectivity index (χ4n) is 3.77. The zero-order valence-electron chi connectivity index (χ0n) is 17.3. The van der Waals surface area contributed by atoms with Gasteiger partial charge in [0, 0.05) is 6.42 Å². The van der Waals surface area contributed by atoms with Crippen molar-refractivity contribution in [2.75, 3.05) is 0 Å². The molecule has 1 aromatic rings. The van der Waals surface area contributed by atoms with Crippen LogP contribution in [-0.2, 0) is 4.79 Å². The minimum atomic E-state index is -0.695. The van der Waals surface area contributed by atoms with Crippen molar-refractivity contribution in [2.24, 2.45) is 0 Å². The zero-order chi connectivity index (χ0) is 19.7. The molecule has 2 N–H and O–H groups in total. The van der Waals surface area contributed by atoms with Crippen molar-refractivity contribution < 1.29 is 15.0 Å². The molecule has 3 nitrogen and oxygen atoms in total. The quantitative estimate of drug-likeness (QED) is 0.278. The molecule has 27 heavy (non-hydrogen) atoms. The van der Waals surface area contributed by atoms with Gasteiger partial charge in [-0.3, -0.25) is 4.79 Å².